The highest BCUT2D eigenvalue weighted by atomic mass is 16.8. The molecule has 3 atom stereocenters. The predicted octanol–water partition coefficient (Wildman–Crippen LogP) is 0.0783. The van der Waals surface area contributed by atoms with Crippen LogP contribution in [0.25, 0.3) is 0 Å². The number of esters is 1. The molecule has 5 nitrogen and oxygen atoms in total. The van der Waals surface area contributed by atoms with E-state index in [0.717, 1.165) is 0 Å². The van der Waals surface area contributed by atoms with Crippen LogP contribution in [-0.2, 0) is 23.7 Å². The van der Waals surface area contributed by atoms with Crippen LogP contribution in [0.5, 0.6) is 0 Å². The Hall–Kier alpha value is -0.650. The second-order valence-electron chi connectivity index (χ2n) is 3.95. The zero-order valence-corrected chi connectivity index (χ0v) is 8.48. The van der Waals surface area contributed by atoms with Gasteiger partial charge in [0.05, 0.1) is 6.61 Å². The molecule has 0 aliphatic carbocycles. The quantitative estimate of drug-likeness (QED) is 0.593. The van der Waals surface area contributed by atoms with Gasteiger partial charge in [0.25, 0.3) is 0 Å². The molecular formula is C9H14O5. The van der Waals surface area contributed by atoms with Crippen LogP contribution < -0.4 is 0 Å². The third-order valence-corrected chi connectivity index (χ3v) is 2.33. The fourth-order valence-electron chi connectivity index (χ4n) is 1.82. The number of cyclic esters (lactones) is 1. The Balaban J connectivity index is 2.11. The maximum Gasteiger partial charge on any atom is 0.338 e. The zero-order valence-electron chi connectivity index (χ0n) is 8.48. The number of fused-ring (bicyclic) bond motifs is 1. The summed E-state index contributed by atoms with van der Waals surface area (Å²) in [6.45, 7) is 3.90. The highest BCUT2D eigenvalue weighted by Crippen LogP contribution is 2.35. The molecule has 14 heavy (non-hydrogen) atoms. The third-order valence-electron chi connectivity index (χ3n) is 2.33. The van der Waals surface area contributed by atoms with Crippen molar-refractivity contribution in [1.29, 1.82) is 0 Å². The van der Waals surface area contributed by atoms with Crippen LogP contribution in [0.2, 0.25) is 0 Å². The summed E-state index contributed by atoms with van der Waals surface area (Å²) in [4.78, 5) is 11.3. The first-order valence-electron chi connectivity index (χ1n) is 4.58. The van der Waals surface area contributed by atoms with Gasteiger partial charge in [0.2, 0.25) is 0 Å². The molecule has 0 aromatic rings. The highest BCUT2D eigenvalue weighted by molar-refractivity contribution is 5.78. The van der Waals surface area contributed by atoms with Crippen LogP contribution in [0.3, 0.4) is 0 Å². The molecule has 2 saturated heterocycles. The van der Waals surface area contributed by atoms with Crippen LogP contribution >= 0.6 is 0 Å². The van der Waals surface area contributed by atoms with E-state index < -0.39 is 11.9 Å². The molecular weight excluding hydrogens is 188 g/mol. The average Bonchev–Trinajstić information content (AvgIpc) is 2.51. The monoisotopic (exact) mass is 202 g/mol. The molecule has 2 heterocycles. The van der Waals surface area contributed by atoms with Crippen molar-refractivity contribution in [2.75, 3.05) is 13.7 Å². The second kappa shape index (κ2) is 3.18. The normalized spacial score (nSPS) is 39.6. The van der Waals surface area contributed by atoms with E-state index in [0.29, 0.717) is 6.61 Å². The number of methoxy groups -OCH3 is 1. The van der Waals surface area contributed by atoms with Gasteiger partial charge in [-0.1, -0.05) is 0 Å². The van der Waals surface area contributed by atoms with Crippen LogP contribution in [-0.4, -0.2) is 43.8 Å². The van der Waals surface area contributed by atoms with E-state index in [1.165, 1.54) is 0 Å². The van der Waals surface area contributed by atoms with E-state index >= 15 is 0 Å². The van der Waals surface area contributed by atoms with E-state index in [1.807, 2.05) is 0 Å². The second-order valence-corrected chi connectivity index (χ2v) is 3.95. The summed E-state index contributed by atoms with van der Waals surface area (Å²) >= 11 is 0. The number of hydrogen-bond acceptors (Lipinski definition) is 5. The lowest BCUT2D eigenvalue weighted by atomic mass is 10.1. The molecule has 0 bridgehead atoms. The number of carbonyl (C=O) groups is 1. The van der Waals surface area contributed by atoms with Crippen molar-refractivity contribution in [2.45, 2.75) is 37.9 Å². The molecule has 3 unspecified atom stereocenters. The fraction of sp³-hybridized carbons (Fsp3) is 0.889. The minimum Gasteiger partial charge on any atom is -0.455 e. The highest BCUT2D eigenvalue weighted by Gasteiger charge is 2.55. The molecule has 5 heteroatoms. The van der Waals surface area contributed by atoms with Gasteiger partial charge >= 0.3 is 5.97 Å². The van der Waals surface area contributed by atoms with Crippen molar-refractivity contribution in [1.82, 2.24) is 0 Å². The Morgan fingerprint density at radius 2 is 2.14 bits per heavy atom. The molecule has 2 aliphatic heterocycles. The summed E-state index contributed by atoms with van der Waals surface area (Å²) in [5, 5.41) is 0. The van der Waals surface area contributed by atoms with Crippen molar-refractivity contribution < 1.29 is 23.7 Å². The molecule has 0 aromatic heterocycles. The fourth-order valence-corrected chi connectivity index (χ4v) is 1.82. The molecule has 2 aliphatic rings. The lowest BCUT2D eigenvalue weighted by Gasteiger charge is -2.20. The molecule has 0 amide bonds. The minimum absolute atomic E-state index is 0.336. The minimum atomic E-state index is -0.708. The van der Waals surface area contributed by atoms with Gasteiger partial charge in [-0.3, -0.25) is 0 Å². The Labute approximate surface area is 82.3 Å². The van der Waals surface area contributed by atoms with Crippen molar-refractivity contribution in [3.63, 3.8) is 0 Å². The molecule has 0 N–H and O–H groups in total. The molecule has 0 aromatic carbocycles. The van der Waals surface area contributed by atoms with Crippen molar-refractivity contribution in [2.24, 2.45) is 0 Å². The lowest BCUT2D eigenvalue weighted by molar-refractivity contribution is -0.189. The van der Waals surface area contributed by atoms with E-state index in [2.05, 4.69) is 0 Å². The average molecular weight is 202 g/mol. The summed E-state index contributed by atoms with van der Waals surface area (Å²) < 4.78 is 21.0. The Kier molecular flexibility index (Phi) is 2.25. The van der Waals surface area contributed by atoms with Gasteiger partial charge in [-0.05, 0) is 13.8 Å². The number of hydrogen-bond donors (Lipinski definition) is 0. The van der Waals surface area contributed by atoms with Gasteiger partial charge in [-0.25, -0.2) is 4.79 Å². The summed E-state index contributed by atoms with van der Waals surface area (Å²) in [5.41, 5.74) is 0. The van der Waals surface area contributed by atoms with E-state index in [4.69, 9.17) is 18.9 Å². The largest absolute Gasteiger partial charge is 0.455 e. The zero-order chi connectivity index (χ0) is 10.3. The molecule has 0 radical (unpaired) electrons. The smallest absolute Gasteiger partial charge is 0.338 e. The maximum absolute atomic E-state index is 11.3. The van der Waals surface area contributed by atoms with Crippen molar-refractivity contribution in [3.8, 4) is 0 Å². The maximum atomic E-state index is 11.3. The van der Waals surface area contributed by atoms with E-state index in [-0.39, 0.29) is 18.2 Å². The van der Waals surface area contributed by atoms with Gasteiger partial charge in [-0.2, -0.15) is 0 Å². The van der Waals surface area contributed by atoms with E-state index in [9.17, 15) is 4.79 Å². The number of ether oxygens (including phenoxy) is 4. The van der Waals surface area contributed by atoms with Crippen LogP contribution in [0.1, 0.15) is 13.8 Å². The van der Waals surface area contributed by atoms with Gasteiger partial charge < -0.3 is 18.9 Å². The summed E-state index contributed by atoms with van der Waals surface area (Å²) in [6, 6.07) is 0. The first kappa shape index (κ1) is 9.89. The molecule has 2 fully saturated rings. The van der Waals surface area contributed by atoms with Crippen LogP contribution in [0.15, 0.2) is 0 Å². The van der Waals surface area contributed by atoms with E-state index in [1.54, 1.807) is 21.0 Å². The van der Waals surface area contributed by atoms with Gasteiger partial charge in [0.1, 0.15) is 6.10 Å². The SMILES string of the molecule is COCC1OC(=O)C2OC(C)(C)OC12. The Morgan fingerprint density at radius 3 is 2.79 bits per heavy atom. The molecule has 2 rings (SSSR count). The first-order valence-corrected chi connectivity index (χ1v) is 4.58. The van der Waals surface area contributed by atoms with Crippen molar-refractivity contribution >= 4 is 5.97 Å². The molecule has 0 saturated carbocycles. The molecule has 0 spiro atoms. The standard InChI is InChI=1S/C9H14O5/c1-9(2)13-6-5(4-11-3)12-8(10)7(6)14-9/h5-7H,4H2,1-3H3. The number of rotatable bonds is 2. The van der Waals surface area contributed by atoms with Gasteiger partial charge in [-0.15, -0.1) is 0 Å². The van der Waals surface area contributed by atoms with Gasteiger partial charge in [0.15, 0.2) is 18.0 Å². The summed E-state index contributed by atoms with van der Waals surface area (Å²) in [7, 11) is 1.56. The lowest BCUT2D eigenvalue weighted by Crippen LogP contribution is -2.32. The predicted molar refractivity (Wildman–Crippen MR) is 45.6 cm³/mol. The summed E-state index contributed by atoms with van der Waals surface area (Å²) in [6.07, 6.45) is -1.28. The topological polar surface area (TPSA) is 54.0 Å². The van der Waals surface area contributed by atoms with Gasteiger partial charge in [0, 0.05) is 7.11 Å². The van der Waals surface area contributed by atoms with Crippen molar-refractivity contribution in [3.05, 3.63) is 0 Å². The Bertz CT molecular complexity index is 250. The third kappa shape index (κ3) is 1.51. The number of carbonyl (C=O) groups excluding carboxylic acids is 1. The van der Waals surface area contributed by atoms with Crippen LogP contribution in [0, 0.1) is 0 Å². The van der Waals surface area contributed by atoms with Crippen LogP contribution in [0.4, 0.5) is 0 Å². The first-order chi connectivity index (χ1) is 6.53. The molecule has 80 valence electrons. The Morgan fingerprint density at radius 1 is 1.43 bits per heavy atom. The summed E-state index contributed by atoms with van der Waals surface area (Å²) in [5.74, 6) is -1.07.